The van der Waals surface area contributed by atoms with Crippen LogP contribution in [-0.2, 0) is 4.79 Å². The first kappa shape index (κ1) is 20.0. The van der Waals surface area contributed by atoms with Crippen molar-refractivity contribution in [2.75, 3.05) is 19.3 Å². The summed E-state index contributed by atoms with van der Waals surface area (Å²) in [5.41, 5.74) is 7.01. The van der Waals surface area contributed by atoms with Crippen molar-refractivity contribution in [3.8, 4) is 0 Å². The largest absolute Gasteiger partial charge is 0.398 e. The highest BCUT2D eigenvalue weighted by Gasteiger charge is 2.39. The molecule has 2 aromatic carbocycles. The Bertz CT molecular complexity index is 901. The molecule has 2 aliphatic rings. The van der Waals surface area contributed by atoms with E-state index in [1.807, 2.05) is 42.5 Å². The summed E-state index contributed by atoms with van der Waals surface area (Å²) in [7, 11) is 2.18. The Morgan fingerprint density at radius 1 is 1.17 bits per heavy atom. The number of nitrogens with one attached hydrogen (secondary N) is 2. The molecule has 1 saturated heterocycles. The molecule has 0 bridgehead atoms. The van der Waals surface area contributed by atoms with Crippen molar-refractivity contribution in [2.45, 2.75) is 47.6 Å². The number of hydrogen-bond donors (Lipinski definition) is 3. The molecule has 3 atom stereocenters. The predicted octanol–water partition coefficient (Wildman–Crippen LogP) is 3.78. The highest BCUT2D eigenvalue weighted by Crippen LogP contribution is 2.36. The molecule has 4 rings (SSSR count). The zero-order chi connectivity index (χ0) is 20.4. The van der Waals surface area contributed by atoms with Crippen molar-refractivity contribution in [1.29, 1.82) is 5.41 Å². The van der Waals surface area contributed by atoms with Crippen molar-refractivity contribution >= 4 is 29.1 Å². The van der Waals surface area contributed by atoms with Gasteiger partial charge in [0.15, 0.2) is 0 Å². The van der Waals surface area contributed by atoms with Gasteiger partial charge in [-0.3, -0.25) is 10.2 Å². The molecule has 0 aromatic heterocycles. The number of amides is 1. The van der Waals surface area contributed by atoms with Gasteiger partial charge in [-0.15, -0.1) is 0 Å². The topological polar surface area (TPSA) is 82.2 Å². The van der Waals surface area contributed by atoms with Crippen molar-refractivity contribution in [2.24, 2.45) is 5.92 Å². The third-order valence-electron chi connectivity index (χ3n) is 6.14. The van der Waals surface area contributed by atoms with Gasteiger partial charge < -0.3 is 16.0 Å². The highest BCUT2D eigenvalue weighted by molar-refractivity contribution is 7.99. The lowest BCUT2D eigenvalue weighted by molar-refractivity contribution is -0.115. The van der Waals surface area contributed by atoms with Crippen LogP contribution in [0.4, 0.5) is 5.69 Å². The quantitative estimate of drug-likeness (QED) is 0.519. The number of fused-ring (bicyclic) bond motifs is 1. The van der Waals surface area contributed by atoms with Crippen molar-refractivity contribution in [1.82, 2.24) is 10.2 Å². The van der Waals surface area contributed by atoms with Crippen molar-refractivity contribution in [3.63, 3.8) is 0 Å². The van der Waals surface area contributed by atoms with Gasteiger partial charge in [0.05, 0.1) is 0 Å². The minimum Gasteiger partial charge on any atom is -0.398 e. The number of carbonyl (C=O) groups excluding carboxylic acids is 1. The molecule has 1 saturated carbocycles. The summed E-state index contributed by atoms with van der Waals surface area (Å²) < 4.78 is 0. The normalized spacial score (nSPS) is 24.1. The Balaban J connectivity index is 1.43. The first-order valence-electron chi connectivity index (χ1n) is 10.2. The second kappa shape index (κ2) is 8.59. The van der Waals surface area contributed by atoms with Gasteiger partial charge in [0, 0.05) is 33.1 Å². The fourth-order valence-corrected chi connectivity index (χ4v) is 5.54. The molecular weight excluding hydrogens is 380 g/mol. The summed E-state index contributed by atoms with van der Waals surface area (Å²) in [6.45, 7) is 1.14. The molecule has 2 aromatic rings. The molecule has 5 nitrogen and oxygen atoms in total. The number of carbonyl (C=O) groups is 1. The average Bonchev–Trinajstić information content (AvgIpc) is 3.13. The molecule has 0 radical (unpaired) electrons. The fourth-order valence-electron chi connectivity index (χ4n) is 4.66. The van der Waals surface area contributed by atoms with Crippen LogP contribution in [0.25, 0.3) is 0 Å². The van der Waals surface area contributed by atoms with Crippen LogP contribution in [0.15, 0.2) is 58.3 Å². The lowest BCUT2D eigenvalue weighted by Crippen LogP contribution is -2.41. The molecule has 4 N–H and O–H groups in total. The number of nitrogens with zero attached hydrogens (tertiary/aromatic N) is 1. The van der Waals surface area contributed by atoms with E-state index in [4.69, 9.17) is 11.1 Å². The third-order valence-corrected chi connectivity index (χ3v) is 7.14. The highest BCUT2D eigenvalue weighted by atomic mass is 32.2. The molecule has 29 heavy (non-hydrogen) atoms. The van der Waals surface area contributed by atoms with Gasteiger partial charge in [-0.1, -0.05) is 30.0 Å². The van der Waals surface area contributed by atoms with Gasteiger partial charge in [0.25, 0.3) is 5.91 Å². The molecule has 0 spiro atoms. The number of hydrogen-bond acceptors (Lipinski definition) is 5. The van der Waals surface area contributed by atoms with E-state index in [0.29, 0.717) is 23.2 Å². The van der Waals surface area contributed by atoms with Crippen LogP contribution in [0.1, 0.15) is 31.2 Å². The lowest BCUT2D eigenvalue weighted by atomic mass is 9.92. The second-order valence-corrected chi connectivity index (χ2v) is 9.28. The Morgan fingerprint density at radius 3 is 2.72 bits per heavy atom. The summed E-state index contributed by atoms with van der Waals surface area (Å²) in [6, 6.07) is 16.3. The van der Waals surface area contributed by atoms with E-state index in [1.165, 1.54) is 12.8 Å². The minimum absolute atomic E-state index is 0.0544. The maximum Gasteiger partial charge on any atom is 0.270 e. The molecule has 6 heteroatoms. The SMILES string of the molecule is CN1CCCC2CC(NC(=O)C(=N)c3cc(Sc4ccccc4)ccc3N)CC21. The number of anilines is 1. The molecule has 1 amide bonds. The van der Waals surface area contributed by atoms with Crippen LogP contribution in [0, 0.1) is 11.3 Å². The number of benzene rings is 2. The second-order valence-electron chi connectivity index (χ2n) is 8.13. The molecular formula is C23H28N4OS. The first-order chi connectivity index (χ1) is 14.0. The van der Waals surface area contributed by atoms with Gasteiger partial charge >= 0.3 is 0 Å². The Hall–Kier alpha value is -2.31. The third kappa shape index (κ3) is 4.49. The monoisotopic (exact) mass is 408 g/mol. The van der Waals surface area contributed by atoms with Gasteiger partial charge in [0.2, 0.25) is 0 Å². The van der Waals surface area contributed by atoms with Crippen LogP contribution >= 0.6 is 11.8 Å². The molecule has 1 heterocycles. The average molecular weight is 409 g/mol. The summed E-state index contributed by atoms with van der Waals surface area (Å²) >= 11 is 1.60. The van der Waals surface area contributed by atoms with Crippen molar-refractivity contribution < 1.29 is 4.79 Å². The van der Waals surface area contributed by atoms with Gasteiger partial charge in [0.1, 0.15) is 5.71 Å². The minimum atomic E-state index is -0.329. The first-order valence-corrected chi connectivity index (χ1v) is 11.1. The molecule has 3 unspecified atom stereocenters. The van der Waals surface area contributed by atoms with E-state index in [9.17, 15) is 4.79 Å². The zero-order valence-electron chi connectivity index (χ0n) is 16.7. The van der Waals surface area contributed by atoms with Crippen LogP contribution < -0.4 is 11.1 Å². The number of rotatable bonds is 5. The molecule has 2 fully saturated rings. The van der Waals surface area contributed by atoms with E-state index >= 15 is 0 Å². The van der Waals surface area contributed by atoms with Crippen LogP contribution in [0.3, 0.4) is 0 Å². The molecule has 1 aliphatic heterocycles. The summed E-state index contributed by atoms with van der Waals surface area (Å²) in [5.74, 6) is 0.328. The summed E-state index contributed by atoms with van der Waals surface area (Å²) in [4.78, 5) is 17.3. The van der Waals surface area contributed by atoms with Gasteiger partial charge in [-0.2, -0.15) is 0 Å². The molecule has 1 aliphatic carbocycles. The van der Waals surface area contributed by atoms with E-state index in [2.05, 4.69) is 17.3 Å². The van der Waals surface area contributed by atoms with Crippen LogP contribution in [0.2, 0.25) is 0 Å². The smallest absolute Gasteiger partial charge is 0.270 e. The fraction of sp³-hybridized carbons (Fsp3) is 0.391. The van der Waals surface area contributed by atoms with Crippen LogP contribution in [0.5, 0.6) is 0 Å². The zero-order valence-corrected chi connectivity index (χ0v) is 17.5. The Kier molecular flexibility index (Phi) is 5.92. The number of piperidine rings is 1. The van der Waals surface area contributed by atoms with E-state index in [1.54, 1.807) is 17.8 Å². The van der Waals surface area contributed by atoms with E-state index < -0.39 is 0 Å². The Morgan fingerprint density at radius 2 is 1.97 bits per heavy atom. The van der Waals surface area contributed by atoms with Crippen LogP contribution in [-0.4, -0.2) is 42.2 Å². The Labute approximate surface area is 176 Å². The standard InChI is InChI=1S/C23H28N4OS/c1-27-11-5-6-15-12-16(13-21(15)27)26-23(28)22(25)19-14-18(9-10-20(19)24)29-17-7-3-2-4-8-17/h2-4,7-10,14-16,21,25H,5-6,11-13,24H2,1H3,(H,26,28). The predicted molar refractivity (Wildman–Crippen MR) is 119 cm³/mol. The van der Waals surface area contributed by atoms with Gasteiger partial charge in [-0.05, 0) is 75.5 Å². The summed E-state index contributed by atoms with van der Waals surface area (Å²) in [5, 5.41) is 11.5. The maximum absolute atomic E-state index is 12.8. The number of likely N-dealkylation sites (tertiary alicyclic amines) is 1. The molecule has 152 valence electrons. The van der Waals surface area contributed by atoms with Gasteiger partial charge in [-0.25, -0.2) is 0 Å². The van der Waals surface area contributed by atoms with E-state index in [-0.39, 0.29) is 17.7 Å². The number of nitrogen functional groups attached to an aromatic ring is 1. The van der Waals surface area contributed by atoms with Crippen molar-refractivity contribution in [3.05, 3.63) is 54.1 Å². The summed E-state index contributed by atoms with van der Waals surface area (Å²) in [6.07, 6.45) is 4.45. The lowest BCUT2D eigenvalue weighted by Gasteiger charge is -2.34. The maximum atomic E-state index is 12.8. The number of nitrogens with two attached hydrogens (primary N) is 1. The van der Waals surface area contributed by atoms with E-state index in [0.717, 1.165) is 29.2 Å².